The normalized spacial score (nSPS) is 11.8. The van der Waals surface area contributed by atoms with Crippen LogP contribution in [0.2, 0.25) is 5.02 Å². The van der Waals surface area contributed by atoms with Crippen LogP contribution in [-0.2, 0) is 4.79 Å². The Labute approximate surface area is 161 Å². The number of nitrogens with zero attached hydrogens (tertiary/aromatic N) is 1. The second-order valence-corrected chi connectivity index (χ2v) is 6.79. The smallest absolute Gasteiger partial charge is 0.259 e. The number of rotatable bonds is 6. The minimum atomic E-state index is -1.25. The minimum absolute atomic E-state index is 0.113. The number of carbonyl (C=O) groups is 1. The molecule has 0 fully saturated rings. The molecule has 0 heterocycles. The first-order chi connectivity index (χ1) is 12.7. The van der Waals surface area contributed by atoms with Crippen molar-refractivity contribution in [3.63, 3.8) is 0 Å². The molecule has 0 radical (unpaired) electrons. The second kappa shape index (κ2) is 8.83. The van der Waals surface area contributed by atoms with E-state index >= 15 is 0 Å². The van der Waals surface area contributed by atoms with Gasteiger partial charge in [0.2, 0.25) is 0 Å². The zero-order chi connectivity index (χ0) is 20.1. The van der Waals surface area contributed by atoms with Gasteiger partial charge in [0, 0.05) is 16.7 Å². The van der Waals surface area contributed by atoms with E-state index in [4.69, 9.17) is 16.3 Å². The van der Waals surface area contributed by atoms with Crippen LogP contribution in [0.15, 0.2) is 30.3 Å². The Bertz CT molecular complexity index is 894. The molecule has 1 unspecified atom stereocenters. The lowest BCUT2D eigenvalue weighted by molar-refractivity contribution is -0.123. The third-order valence-corrected chi connectivity index (χ3v) is 4.39. The summed E-state index contributed by atoms with van der Waals surface area (Å²) in [6.07, 6.45) is 0. The summed E-state index contributed by atoms with van der Waals surface area (Å²) in [4.78, 5) is 12.2. The number of nitrogens with one attached hydrogen (secondary N) is 1. The van der Waals surface area contributed by atoms with Crippen molar-refractivity contribution >= 4 is 17.5 Å². The van der Waals surface area contributed by atoms with Crippen molar-refractivity contribution in [1.82, 2.24) is 5.32 Å². The van der Waals surface area contributed by atoms with Crippen LogP contribution < -0.4 is 10.1 Å². The first-order valence-electron chi connectivity index (χ1n) is 8.29. The summed E-state index contributed by atoms with van der Waals surface area (Å²) in [6, 6.07) is 6.88. The first-order valence-corrected chi connectivity index (χ1v) is 8.67. The van der Waals surface area contributed by atoms with Crippen LogP contribution in [0.25, 0.3) is 0 Å². The third kappa shape index (κ3) is 5.18. The van der Waals surface area contributed by atoms with Gasteiger partial charge in [-0.15, -0.1) is 0 Å². The van der Waals surface area contributed by atoms with Crippen molar-refractivity contribution < 1.29 is 18.3 Å². The van der Waals surface area contributed by atoms with Crippen LogP contribution >= 0.6 is 11.6 Å². The summed E-state index contributed by atoms with van der Waals surface area (Å²) in [5.41, 5.74) is 1.54. The molecule has 0 aliphatic heterocycles. The van der Waals surface area contributed by atoms with E-state index in [1.165, 1.54) is 0 Å². The van der Waals surface area contributed by atoms with Crippen LogP contribution in [0.4, 0.5) is 8.78 Å². The fraction of sp³-hybridized carbons (Fsp3) is 0.300. The van der Waals surface area contributed by atoms with E-state index < -0.39 is 23.6 Å². The highest BCUT2D eigenvalue weighted by Gasteiger charge is 2.19. The molecule has 0 saturated heterocycles. The van der Waals surface area contributed by atoms with E-state index in [2.05, 4.69) is 5.32 Å². The summed E-state index contributed by atoms with van der Waals surface area (Å²) < 4.78 is 32.4. The van der Waals surface area contributed by atoms with Gasteiger partial charge >= 0.3 is 0 Å². The quantitative estimate of drug-likeness (QED) is 0.767. The van der Waals surface area contributed by atoms with Gasteiger partial charge in [-0.2, -0.15) is 5.26 Å². The monoisotopic (exact) mass is 392 g/mol. The summed E-state index contributed by atoms with van der Waals surface area (Å²) >= 11 is 6.14. The fourth-order valence-electron chi connectivity index (χ4n) is 2.51. The number of carbonyl (C=O) groups excluding carboxylic acids is 1. The standard InChI is InChI=1S/C20H19ClF2N2O2/c1-11(2)15-8-16(21)12(3)6-19(15)27-10-20(26)25-18(9-24)14-5-4-13(22)7-17(14)23/h4-8,11,18H,10H2,1-3H3,(H,25,26). The summed E-state index contributed by atoms with van der Waals surface area (Å²) in [6.45, 7) is 5.40. The lowest BCUT2D eigenvalue weighted by atomic mass is 10.0. The predicted molar refractivity (Wildman–Crippen MR) is 98.6 cm³/mol. The highest BCUT2D eigenvalue weighted by Crippen LogP contribution is 2.32. The highest BCUT2D eigenvalue weighted by atomic mass is 35.5. The molecule has 1 amide bonds. The second-order valence-electron chi connectivity index (χ2n) is 6.38. The zero-order valence-electron chi connectivity index (χ0n) is 15.1. The number of aryl methyl sites for hydroxylation is 1. The van der Waals surface area contributed by atoms with E-state index in [-0.39, 0.29) is 18.1 Å². The summed E-state index contributed by atoms with van der Waals surface area (Å²) in [5.74, 6) is -1.63. The minimum Gasteiger partial charge on any atom is -0.483 e. The van der Waals surface area contributed by atoms with Gasteiger partial charge in [-0.3, -0.25) is 4.79 Å². The molecule has 1 atom stereocenters. The average Bonchev–Trinajstić information content (AvgIpc) is 2.60. The van der Waals surface area contributed by atoms with Crippen molar-refractivity contribution in [2.45, 2.75) is 32.7 Å². The molecule has 27 heavy (non-hydrogen) atoms. The number of hydrogen-bond donors (Lipinski definition) is 1. The Morgan fingerprint density at radius 2 is 1.96 bits per heavy atom. The molecule has 0 bridgehead atoms. The Morgan fingerprint density at radius 1 is 1.26 bits per heavy atom. The van der Waals surface area contributed by atoms with Gasteiger partial charge in [-0.1, -0.05) is 31.5 Å². The van der Waals surface area contributed by atoms with Gasteiger partial charge in [0.1, 0.15) is 23.4 Å². The van der Waals surface area contributed by atoms with Gasteiger partial charge in [0.05, 0.1) is 6.07 Å². The molecule has 0 aromatic heterocycles. The van der Waals surface area contributed by atoms with Crippen molar-refractivity contribution in [2.24, 2.45) is 0 Å². The van der Waals surface area contributed by atoms with Crippen LogP contribution in [0, 0.1) is 29.9 Å². The molecule has 0 spiro atoms. The van der Waals surface area contributed by atoms with Gasteiger partial charge in [0.15, 0.2) is 6.61 Å². The number of ether oxygens (including phenoxy) is 1. The molecule has 2 rings (SSSR count). The van der Waals surface area contributed by atoms with Crippen molar-refractivity contribution in [3.8, 4) is 11.8 Å². The van der Waals surface area contributed by atoms with Crippen LogP contribution in [0.1, 0.15) is 42.5 Å². The first kappa shape index (κ1) is 20.7. The van der Waals surface area contributed by atoms with E-state index in [9.17, 15) is 18.8 Å². The summed E-state index contributed by atoms with van der Waals surface area (Å²) in [7, 11) is 0. The van der Waals surface area contributed by atoms with E-state index in [1.807, 2.05) is 20.8 Å². The van der Waals surface area contributed by atoms with E-state index in [1.54, 1.807) is 18.2 Å². The number of halogens is 3. The predicted octanol–water partition coefficient (Wildman–Crippen LogP) is 4.81. The highest BCUT2D eigenvalue weighted by molar-refractivity contribution is 6.31. The fourth-order valence-corrected chi connectivity index (χ4v) is 2.68. The number of benzene rings is 2. The Kier molecular flexibility index (Phi) is 6.75. The van der Waals surface area contributed by atoms with Gasteiger partial charge in [-0.25, -0.2) is 8.78 Å². The van der Waals surface area contributed by atoms with Gasteiger partial charge in [0.25, 0.3) is 5.91 Å². The van der Waals surface area contributed by atoms with Crippen molar-refractivity contribution in [2.75, 3.05) is 6.61 Å². The van der Waals surface area contributed by atoms with Gasteiger partial charge < -0.3 is 10.1 Å². The molecule has 2 aromatic rings. The Morgan fingerprint density at radius 3 is 2.56 bits per heavy atom. The molecule has 142 valence electrons. The molecule has 2 aromatic carbocycles. The Hall–Kier alpha value is -2.65. The SMILES string of the molecule is Cc1cc(OCC(=O)NC(C#N)c2ccc(F)cc2F)c(C(C)C)cc1Cl. The maximum Gasteiger partial charge on any atom is 0.259 e. The molecule has 0 aliphatic carbocycles. The average molecular weight is 393 g/mol. The van der Waals surface area contributed by atoms with Crippen LogP contribution in [0.5, 0.6) is 5.75 Å². The number of hydrogen-bond acceptors (Lipinski definition) is 3. The number of amides is 1. The summed E-state index contributed by atoms with van der Waals surface area (Å²) in [5, 5.41) is 12.2. The third-order valence-electron chi connectivity index (χ3n) is 3.98. The largest absolute Gasteiger partial charge is 0.483 e. The molecule has 4 nitrogen and oxygen atoms in total. The molecule has 0 aliphatic rings. The topological polar surface area (TPSA) is 62.1 Å². The van der Waals surface area contributed by atoms with Crippen LogP contribution in [-0.4, -0.2) is 12.5 Å². The molecular weight excluding hydrogens is 374 g/mol. The molecular formula is C20H19ClF2N2O2. The van der Waals surface area contributed by atoms with Crippen LogP contribution in [0.3, 0.4) is 0 Å². The molecule has 1 N–H and O–H groups in total. The van der Waals surface area contributed by atoms with Gasteiger partial charge in [-0.05, 0) is 42.2 Å². The lowest BCUT2D eigenvalue weighted by Crippen LogP contribution is -2.32. The maximum absolute atomic E-state index is 13.8. The lowest BCUT2D eigenvalue weighted by Gasteiger charge is -2.17. The number of nitriles is 1. The Balaban J connectivity index is 2.10. The molecule has 7 heteroatoms. The van der Waals surface area contributed by atoms with E-state index in [0.29, 0.717) is 16.8 Å². The zero-order valence-corrected chi connectivity index (χ0v) is 15.9. The van der Waals surface area contributed by atoms with E-state index in [0.717, 1.165) is 23.3 Å². The maximum atomic E-state index is 13.8. The molecule has 0 saturated carbocycles. The van der Waals surface area contributed by atoms with Crippen molar-refractivity contribution in [3.05, 3.63) is 63.7 Å². The van der Waals surface area contributed by atoms with Crippen molar-refractivity contribution in [1.29, 1.82) is 5.26 Å².